The molecule has 1 aliphatic carbocycles. The lowest BCUT2D eigenvalue weighted by atomic mass is 9.66. The average Bonchev–Trinajstić information content (AvgIpc) is 3.95. The topological polar surface area (TPSA) is 38.9 Å². The summed E-state index contributed by atoms with van der Waals surface area (Å²) in [6, 6.07) is 91.3. The zero-order valence-electron chi connectivity index (χ0n) is 37.1. The maximum atomic E-state index is 6.23. The summed E-state index contributed by atoms with van der Waals surface area (Å²) in [5, 5.41) is 2.20. The van der Waals surface area contributed by atoms with Gasteiger partial charge in [0.05, 0.1) is 16.8 Å². The molecule has 0 N–H and O–H groups in total. The smallest absolute Gasteiger partial charge is 0.160 e. The normalized spacial score (nSPS) is 12.5. The molecule has 13 rings (SSSR count). The van der Waals surface area contributed by atoms with Crippen molar-refractivity contribution in [2.24, 2.45) is 0 Å². The van der Waals surface area contributed by atoms with E-state index in [1.807, 2.05) is 30.3 Å². The fourth-order valence-corrected chi connectivity index (χ4v) is 10.7. The quantitative estimate of drug-likeness (QED) is 0.153. The monoisotopic (exact) mass is 866 g/mol. The van der Waals surface area contributed by atoms with Crippen LogP contribution in [0.5, 0.6) is 0 Å². The molecular weight excluding hydrogens is 825 g/mol. The Morgan fingerprint density at radius 2 is 0.809 bits per heavy atom. The average molecular weight is 867 g/mol. The third-order valence-corrected chi connectivity index (χ3v) is 13.8. The molecule has 1 aliphatic rings. The minimum absolute atomic E-state index is 0.513. The molecule has 0 fully saturated rings. The lowest BCUT2D eigenvalue weighted by Gasteiger charge is -2.35. The highest BCUT2D eigenvalue weighted by atomic mass is 16.3. The third kappa shape index (κ3) is 6.51. The molecule has 0 amide bonds. The van der Waals surface area contributed by atoms with Crippen molar-refractivity contribution in [1.82, 2.24) is 9.97 Å². The van der Waals surface area contributed by atoms with E-state index in [2.05, 4.69) is 224 Å². The highest BCUT2D eigenvalue weighted by Crippen LogP contribution is 2.58. The van der Waals surface area contributed by atoms with E-state index >= 15 is 0 Å². The van der Waals surface area contributed by atoms with Gasteiger partial charge in [0.15, 0.2) is 5.82 Å². The SMILES string of the molecule is c1ccc(-c2cc(-c3ccc4oc5ccccc5c4c3)cc(-c3cc(-c4ccc(-c5cccc6c5C(c5ccccc5)(c5ccccc5)c5ccccc5-6)cc4)nc(-c4ccccc4)n3)c2)cc1. The van der Waals surface area contributed by atoms with Crippen molar-refractivity contribution >= 4 is 21.9 Å². The van der Waals surface area contributed by atoms with E-state index in [-0.39, 0.29) is 0 Å². The van der Waals surface area contributed by atoms with Gasteiger partial charge >= 0.3 is 0 Å². The maximum Gasteiger partial charge on any atom is 0.160 e. The van der Waals surface area contributed by atoms with E-state index < -0.39 is 5.41 Å². The zero-order chi connectivity index (χ0) is 45.0. The van der Waals surface area contributed by atoms with Crippen LogP contribution in [0.2, 0.25) is 0 Å². The molecule has 68 heavy (non-hydrogen) atoms. The molecular formula is C65H42N2O. The first-order valence-electron chi connectivity index (χ1n) is 23.2. The minimum Gasteiger partial charge on any atom is -0.456 e. The predicted molar refractivity (Wildman–Crippen MR) is 279 cm³/mol. The fourth-order valence-electron chi connectivity index (χ4n) is 10.7. The van der Waals surface area contributed by atoms with Crippen LogP contribution in [0.15, 0.2) is 259 Å². The van der Waals surface area contributed by atoms with Gasteiger partial charge in [0.25, 0.3) is 0 Å². The molecule has 0 spiro atoms. The molecule has 12 aromatic rings. The molecule has 2 heterocycles. The molecule has 0 unspecified atom stereocenters. The molecule has 0 aliphatic heterocycles. The maximum absolute atomic E-state index is 6.23. The van der Waals surface area contributed by atoms with Gasteiger partial charge in [-0.3, -0.25) is 0 Å². The summed E-state index contributed by atoms with van der Waals surface area (Å²) in [4.78, 5) is 10.6. The number of hydrogen-bond donors (Lipinski definition) is 0. The van der Waals surface area contributed by atoms with Gasteiger partial charge in [-0.25, -0.2) is 9.97 Å². The molecule has 0 saturated carbocycles. The van der Waals surface area contributed by atoms with Crippen LogP contribution in [0.25, 0.3) is 100 Å². The number of hydrogen-bond acceptors (Lipinski definition) is 3. The number of benzene rings is 10. The number of fused-ring (bicyclic) bond motifs is 6. The van der Waals surface area contributed by atoms with Gasteiger partial charge in [0, 0.05) is 27.5 Å². The Labute approximate surface area is 395 Å². The van der Waals surface area contributed by atoms with Crippen molar-refractivity contribution in [3.05, 3.63) is 277 Å². The van der Waals surface area contributed by atoms with Crippen molar-refractivity contribution < 1.29 is 4.42 Å². The van der Waals surface area contributed by atoms with Crippen LogP contribution in [0.1, 0.15) is 22.3 Å². The second kappa shape index (κ2) is 16.2. The first kappa shape index (κ1) is 39.4. The summed E-state index contributed by atoms with van der Waals surface area (Å²) >= 11 is 0. The van der Waals surface area contributed by atoms with E-state index in [0.717, 1.165) is 77.8 Å². The Balaban J connectivity index is 0.966. The number of nitrogens with zero attached hydrogens (tertiary/aromatic N) is 2. The molecule has 0 saturated heterocycles. The van der Waals surface area contributed by atoms with E-state index in [4.69, 9.17) is 14.4 Å². The number of furan rings is 1. The first-order valence-corrected chi connectivity index (χ1v) is 23.2. The zero-order valence-corrected chi connectivity index (χ0v) is 37.1. The van der Waals surface area contributed by atoms with E-state index in [9.17, 15) is 0 Å². The number of aromatic nitrogens is 2. The molecule has 318 valence electrons. The number of rotatable bonds is 8. The summed E-state index contributed by atoms with van der Waals surface area (Å²) in [5.41, 5.74) is 20.4. The molecule has 3 nitrogen and oxygen atoms in total. The Hall–Kier alpha value is -8.92. The largest absolute Gasteiger partial charge is 0.456 e. The minimum atomic E-state index is -0.513. The summed E-state index contributed by atoms with van der Waals surface area (Å²) in [6.45, 7) is 0. The summed E-state index contributed by atoms with van der Waals surface area (Å²) in [7, 11) is 0. The van der Waals surface area contributed by atoms with Crippen molar-refractivity contribution in [1.29, 1.82) is 0 Å². The molecule has 0 atom stereocenters. The highest BCUT2D eigenvalue weighted by molar-refractivity contribution is 6.06. The molecule has 10 aromatic carbocycles. The van der Waals surface area contributed by atoms with Gasteiger partial charge < -0.3 is 4.42 Å². The van der Waals surface area contributed by atoms with Gasteiger partial charge in [-0.2, -0.15) is 0 Å². The Morgan fingerprint density at radius 3 is 1.53 bits per heavy atom. The standard InChI is InChI=1S/C65H42N2O/c1-5-18-43(19-6-1)48-38-49(47-36-37-62-57(41-47)55-27-14-16-31-61(55)68-62)40-50(39-48)60-42-59(66-64(67-60)46-20-7-2-8-21-46)45-34-32-44(33-35-45)53-28-17-29-56-54-26-13-15-30-58(54)65(63(53)56,51-22-9-3-10-23-51)52-24-11-4-12-25-52/h1-42H. The van der Waals surface area contributed by atoms with Gasteiger partial charge in [0.1, 0.15) is 11.2 Å². The van der Waals surface area contributed by atoms with Crippen LogP contribution in [0, 0.1) is 0 Å². The molecule has 3 heteroatoms. The first-order chi connectivity index (χ1) is 33.7. The van der Waals surface area contributed by atoms with Crippen LogP contribution < -0.4 is 0 Å². The van der Waals surface area contributed by atoms with Crippen molar-refractivity contribution in [2.45, 2.75) is 5.41 Å². The lowest BCUT2D eigenvalue weighted by molar-refractivity contribution is 0.669. The molecule has 0 radical (unpaired) electrons. The predicted octanol–water partition coefficient (Wildman–Crippen LogP) is 16.7. The van der Waals surface area contributed by atoms with Crippen molar-refractivity contribution in [3.63, 3.8) is 0 Å². The van der Waals surface area contributed by atoms with Crippen molar-refractivity contribution in [3.8, 4) is 78.4 Å². The summed E-state index contributed by atoms with van der Waals surface area (Å²) in [6.07, 6.45) is 0. The van der Waals surface area contributed by atoms with Gasteiger partial charge in [-0.15, -0.1) is 0 Å². The van der Waals surface area contributed by atoms with Gasteiger partial charge in [-0.05, 0) is 109 Å². The van der Waals surface area contributed by atoms with Crippen LogP contribution in [-0.4, -0.2) is 9.97 Å². The van der Waals surface area contributed by atoms with E-state index in [0.29, 0.717) is 5.82 Å². The van der Waals surface area contributed by atoms with Crippen LogP contribution in [-0.2, 0) is 5.41 Å². The summed E-state index contributed by atoms with van der Waals surface area (Å²) in [5.74, 6) is 0.675. The second-order valence-electron chi connectivity index (χ2n) is 17.6. The third-order valence-electron chi connectivity index (χ3n) is 13.8. The highest BCUT2D eigenvalue weighted by Gasteiger charge is 2.47. The number of para-hydroxylation sites is 1. The van der Waals surface area contributed by atoms with Crippen molar-refractivity contribution in [2.75, 3.05) is 0 Å². The van der Waals surface area contributed by atoms with Crippen LogP contribution in [0.4, 0.5) is 0 Å². The Bertz CT molecular complexity index is 3780. The lowest BCUT2D eigenvalue weighted by Crippen LogP contribution is -2.29. The van der Waals surface area contributed by atoms with Gasteiger partial charge in [-0.1, -0.05) is 212 Å². The van der Waals surface area contributed by atoms with Gasteiger partial charge in [0.2, 0.25) is 0 Å². The van der Waals surface area contributed by atoms with Crippen LogP contribution in [0.3, 0.4) is 0 Å². The molecule has 0 bridgehead atoms. The fraction of sp³-hybridized carbons (Fsp3) is 0.0154. The Kier molecular flexibility index (Phi) is 9.40. The summed E-state index contributed by atoms with van der Waals surface area (Å²) < 4.78 is 6.23. The van der Waals surface area contributed by atoms with Crippen LogP contribution >= 0.6 is 0 Å². The van der Waals surface area contributed by atoms with E-state index in [1.54, 1.807) is 0 Å². The Morgan fingerprint density at radius 1 is 0.294 bits per heavy atom. The second-order valence-corrected chi connectivity index (χ2v) is 17.6. The van der Waals surface area contributed by atoms with E-state index in [1.165, 1.54) is 38.9 Å². The molecule has 2 aromatic heterocycles.